The Bertz CT molecular complexity index is 519. The maximum absolute atomic E-state index is 12.9. The molecule has 0 amide bonds. The molecule has 0 radical (unpaired) electrons. The van der Waals surface area contributed by atoms with Crippen molar-refractivity contribution in [2.24, 2.45) is 0 Å². The van der Waals surface area contributed by atoms with Crippen LogP contribution < -0.4 is 5.32 Å². The summed E-state index contributed by atoms with van der Waals surface area (Å²) in [5, 5.41) is 3.33. The molecule has 1 aromatic heterocycles. The van der Waals surface area contributed by atoms with Gasteiger partial charge < -0.3 is 9.73 Å². The molecule has 18 heavy (non-hydrogen) atoms. The van der Waals surface area contributed by atoms with E-state index in [0.29, 0.717) is 0 Å². The zero-order valence-electron chi connectivity index (χ0n) is 10.8. The van der Waals surface area contributed by atoms with Crippen molar-refractivity contribution in [2.45, 2.75) is 26.8 Å². The molecule has 0 spiro atoms. The summed E-state index contributed by atoms with van der Waals surface area (Å²) in [6, 6.07) is 6.90. The molecule has 0 aliphatic heterocycles. The van der Waals surface area contributed by atoms with E-state index in [9.17, 15) is 4.39 Å². The van der Waals surface area contributed by atoms with Crippen LogP contribution in [0, 0.1) is 19.7 Å². The molecule has 0 atom stereocenters. The van der Waals surface area contributed by atoms with Crippen LogP contribution >= 0.6 is 0 Å². The van der Waals surface area contributed by atoms with E-state index in [0.717, 1.165) is 30.8 Å². The number of furan rings is 1. The van der Waals surface area contributed by atoms with Gasteiger partial charge in [-0.1, -0.05) is 6.07 Å². The highest BCUT2D eigenvalue weighted by atomic mass is 19.1. The van der Waals surface area contributed by atoms with Crippen LogP contribution in [0.5, 0.6) is 0 Å². The van der Waals surface area contributed by atoms with E-state index in [1.807, 2.05) is 26.0 Å². The SMILES string of the molecule is Cc1cc(F)ccc1CCNCc1occc1C. The van der Waals surface area contributed by atoms with E-state index in [-0.39, 0.29) is 5.82 Å². The van der Waals surface area contributed by atoms with Gasteiger partial charge in [0.25, 0.3) is 0 Å². The molecule has 0 bridgehead atoms. The summed E-state index contributed by atoms with van der Waals surface area (Å²) in [6.07, 6.45) is 2.60. The number of nitrogens with one attached hydrogen (secondary N) is 1. The molecule has 2 aromatic rings. The monoisotopic (exact) mass is 247 g/mol. The van der Waals surface area contributed by atoms with Gasteiger partial charge in [-0.3, -0.25) is 0 Å². The first-order chi connectivity index (χ1) is 8.66. The van der Waals surface area contributed by atoms with Crippen LogP contribution in [0.4, 0.5) is 4.39 Å². The summed E-state index contributed by atoms with van der Waals surface area (Å²) >= 11 is 0. The molecule has 0 fully saturated rings. The topological polar surface area (TPSA) is 25.2 Å². The standard InChI is InChI=1S/C15H18FNO/c1-11-6-8-18-15(11)10-17-7-5-13-3-4-14(16)9-12(13)2/h3-4,6,8-9,17H,5,7,10H2,1-2H3. The average Bonchev–Trinajstić information content (AvgIpc) is 2.73. The van der Waals surface area contributed by atoms with Crippen molar-refractivity contribution in [1.29, 1.82) is 0 Å². The first-order valence-electron chi connectivity index (χ1n) is 6.15. The fourth-order valence-corrected chi connectivity index (χ4v) is 1.95. The summed E-state index contributed by atoms with van der Waals surface area (Å²) in [7, 11) is 0. The number of hydrogen-bond donors (Lipinski definition) is 1. The smallest absolute Gasteiger partial charge is 0.123 e. The van der Waals surface area contributed by atoms with Crippen molar-refractivity contribution in [1.82, 2.24) is 5.32 Å². The number of halogens is 1. The largest absolute Gasteiger partial charge is 0.468 e. The van der Waals surface area contributed by atoms with Crippen molar-refractivity contribution >= 4 is 0 Å². The van der Waals surface area contributed by atoms with Crippen LogP contribution in [0.3, 0.4) is 0 Å². The molecule has 0 unspecified atom stereocenters. The van der Waals surface area contributed by atoms with Gasteiger partial charge >= 0.3 is 0 Å². The molecule has 2 rings (SSSR count). The number of benzene rings is 1. The molecule has 0 aliphatic carbocycles. The van der Waals surface area contributed by atoms with Crippen LogP contribution in [0.2, 0.25) is 0 Å². The van der Waals surface area contributed by atoms with E-state index >= 15 is 0 Å². The predicted octanol–water partition coefficient (Wildman–Crippen LogP) is 3.37. The molecule has 2 nitrogen and oxygen atoms in total. The highest BCUT2D eigenvalue weighted by molar-refractivity contribution is 5.26. The van der Waals surface area contributed by atoms with Gasteiger partial charge in [-0.25, -0.2) is 4.39 Å². The van der Waals surface area contributed by atoms with Gasteiger partial charge in [0, 0.05) is 0 Å². The molecule has 1 heterocycles. The highest BCUT2D eigenvalue weighted by Crippen LogP contribution is 2.11. The second-order valence-electron chi connectivity index (χ2n) is 4.52. The van der Waals surface area contributed by atoms with E-state index < -0.39 is 0 Å². The van der Waals surface area contributed by atoms with Gasteiger partial charge in [0.2, 0.25) is 0 Å². The molecule has 0 saturated heterocycles. The Balaban J connectivity index is 1.80. The molecule has 1 N–H and O–H groups in total. The van der Waals surface area contributed by atoms with Crippen molar-refractivity contribution in [3.8, 4) is 0 Å². The lowest BCUT2D eigenvalue weighted by Crippen LogP contribution is -2.17. The first kappa shape index (κ1) is 12.8. The molecule has 3 heteroatoms. The third-order valence-electron chi connectivity index (χ3n) is 3.13. The predicted molar refractivity (Wildman–Crippen MR) is 70.0 cm³/mol. The second kappa shape index (κ2) is 5.83. The third kappa shape index (κ3) is 3.20. The van der Waals surface area contributed by atoms with Crippen molar-refractivity contribution < 1.29 is 8.81 Å². The maximum Gasteiger partial charge on any atom is 0.123 e. The zero-order chi connectivity index (χ0) is 13.0. The minimum Gasteiger partial charge on any atom is -0.468 e. The molecule has 0 aliphatic rings. The normalized spacial score (nSPS) is 10.8. The quantitative estimate of drug-likeness (QED) is 0.819. The molecule has 1 aromatic carbocycles. The van der Waals surface area contributed by atoms with Crippen LogP contribution in [-0.4, -0.2) is 6.54 Å². The van der Waals surface area contributed by atoms with Gasteiger partial charge in [-0.15, -0.1) is 0 Å². The molecule has 96 valence electrons. The Morgan fingerprint density at radius 3 is 2.67 bits per heavy atom. The summed E-state index contributed by atoms with van der Waals surface area (Å²) in [6.45, 7) is 5.56. The fraction of sp³-hybridized carbons (Fsp3) is 0.333. The van der Waals surface area contributed by atoms with Gasteiger partial charge in [-0.2, -0.15) is 0 Å². The summed E-state index contributed by atoms with van der Waals surface area (Å²) in [5.41, 5.74) is 3.35. The van der Waals surface area contributed by atoms with Gasteiger partial charge in [0.15, 0.2) is 0 Å². The maximum atomic E-state index is 12.9. The summed E-state index contributed by atoms with van der Waals surface area (Å²) in [4.78, 5) is 0. The molecular formula is C15H18FNO. The fourth-order valence-electron chi connectivity index (χ4n) is 1.95. The number of aryl methyl sites for hydroxylation is 2. The van der Waals surface area contributed by atoms with Gasteiger partial charge in [-0.05, 0) is 61.7 Å². The van der Waals surface area contributed by atoms with Crippen molar-refractivity contribution in [3.05, 3.63) is 58.8 Å². The number of rotatable bonds is 5. The van der Waals surface area contributed by atoms with E-state index in [1.165, 1.54) is 17.2 Å². The summed E-state index contributed by atoms with van der Waals surface area (Å²) in [5.74, 6) is 0.807. The van der Waals surface area contributed by atoms with Gasteiger partial charge in [0.05, 0.1) is 12.8 Å². The minimum atomic E-state index is -0.171. The van der Waals surface area contributed by atoms with Crippen LogP contribution in [0.15, 0.2) is 34.9 Å². The lowest BCUT2D eigenvalue weighted by molar-refractivity contribution is 0.481. The van der Waals surface area contributed by atoms with E-state index in [1.54, 1.807) is 12.3 Å². The van der Waals surface area contributed by atoms with Crippen LogP contribution in [-0.2, 0) is 13.0 Å². The Hall–Kier alpha value is -1.61. The number of hydrogen-bond acceptors (Lipinski definition) is 2. The lowest BCUT2D eigenvalue weighted by atomic mass is 10.1. The average molecular weight is 247 g/mol. The van der Waals surface area contributed by atoms with Crippen LogP contribution in [0.1, 0.15) is 22.5 Å². The van der Waals surface area contributed by atoms with Gasteiger partial charge in [0.1, 0.15) is 11.6 Å². The Kier molecular flexibility index (Phi) is 4.15. The van der Waals surface area contributed by atoms with Crippen molar-refractivity contribution in [3.63, 3.8) is 0 Å². The molecule has 0 saturated carbocycles. The minimum absolute atomic E-state index is 0.171. The first-order valence-corrected chi connectivity index (χ1v) is 6.15. The lowest BCUT2D eigenvalue weighted by Gasteiger charge is -2.07. The van der Waals surface area contributed by atoms with E-state index in [2.05, 4.69) is 5.32 Å². The molecular weight excluding hydrogens is 229 g/mol. The Labute approximate surface area is 107 Å². The second-order valence-corrected chi connectivity index (χ2v) is 4.52. The summed E-state index contributed by atoms with van der Waals surface area (Å²) < 4.78 is 18.3. The van der Waals surface area contributed by atoms with E-state index in [4.69, 9.17) is 4.42 Å². The van der Waals surface area contributed by atoms with Crippen LogP contribution in [0.25, 0.3) is 0 Å². The Morgan fingerprint density at radius 1 is 1.17 bits per heavy atom. The third-order valence-corrected chi connectivity index (χ3v) is 3.13. The zero-order valence-corrected chi connectivity index (χ0v) is 10.8. The van der Waals surface area contributed by atoms with Crippen molar-refractivity contribution in [2.75, 3.05) is 6.54 Å². The highest BCUT2D eigenvalue weighted by Gasteiger charge is 2.02. The Morgan fingerprint density at radius 2 is 2.00 bits per heavy atom.